The Kier molecular flexibility index (Phi) is 4.79. The molecule has 2 N–H and O–H groups in total. The molecule has 0 spiro atoms. The van der Waals surface area contributed by atoms with Gasteiger partial charge in [-0.3, -0.25) is 19.5 Å². The summed E-state index contributed by atoms with van der Waals surface area (Å²) in [6.45, 7) is 2.55. The number of nitrogens with zero attached hydrogens (tertiary/aromatic N) is 1. The number of benzene rings is 2. The number of aromatic amines is 1. The fourth-order valence-corrected chi connectivity index (χ4v) is 2.71. The van der Waals surface area contributed by atoms with E-state index in [1.54, 1.807) is 24.3 Å². The number of H-pyrrole nitrogens is 1. The van der Waals surface area contributed by atoms with Crippen LogP contribution in [0.1, 0.15) is 17.5 Å². The van der Waals surface area contributed by atoms with Crippen molar-refractivity contribution in [1.82, 2.24) is 15.1 Å². The van der Waals surface area contributed by atoms with Crippen LogP contribution in [-0.4, -0.2) is 15.7 Å². The van der Waals surface area contributed by atoms with Crippen LogP contribution in [0.4, 0.5) is 0 Å². The lowest BCUT2D eigenvalue weighted by Crippen LogP contribution is -2.32. The molecule has 0 aliphatic heterocycles. The predicted molar refractivity (Wildman–Crippen MR) is 96.5 cm³/mol. The first-order valence-corrected chi connectivity index (χ1v) is 8.09. The lowest BCUT2D eigenvalue weighted by molar-refractivity contribution is -0.121. The molecule has 128 valence electrons. The summed E-state index contributed by atoms with van der Waals surface area (Å²) in [4.78, 5) is 36.4. The molecule has 6 nitrogen and oxygen atoms in total. The summed E-state index contributed by atoms with van der Waals surface area (Å²) in [6, 6.07) is 14.5. The van der Waals surface area contributed by atoms with Crippen LogP contribution in [0.3, 0.4) is 0 Å². The largest absolute Gasteiger partial charge is 0.352 e. The molecule has 0 unspecified atom stereocenters. The van der Waals surface area contributed by atoms with E-state index in [9.17, 15) is 14.4 Å². The molecule has 1 aromatic heterocycles. The summed E-state index contributed by atoms with van der Waals surface area (Å²) in [5, 5.41) is 6.07. The Morgan fingerprint density at radius 3 is 2.48 bits per heavy atom. The lowest BCUT2D eigenvalue weighted by atomic mass is 10.1. The van der Waals surface area contributed by atoms with E-state index in [0.717, 1.165) is 11.1 Å². The van der Waals surface area contributed by atoms with Gasteiger partial charge in [0.25, 0.3) is 11.1 Å². The molecule has 1 amide bonds. The molecule has 0 saturated carbocycles. The van der Waals surface area contributed by atoms with Crippen LogP contribution in [0, 0.1) is 6.92 Å². The zero-order valence-corrected chi connectivity index (χ0v) is 13.9. The Labute approximate surface area is 144 Å². The smallest absolute Gasteiger partial charge is 0.273 e. The Hall–Kier alpha value is -3.15. The number of rotatable bonds is 5. The number of carbonyl (C=O) groups excluding carboxylic acids is 1. The number of aryl methyl sites for hydroxylation is 2. The highest BCUT2D eigenvalue weighted by Gasteiger charge is 2.08. The van der Waals surface area contributed by atoms with Crippen LogP contribution in [-0.2, 0) is 17.9 Å². The maximum atomic E-state index is 12.4. The molecule has 0 saturated heterocycles. The van der Waals surface area contributed by atoms with Gasteiger partial charge in [-0.05, 0) is 30.2 Å². The zero-order valence-electron chi connectivity index (χ0n) is 13.9. The number of aromatic nitrogens is 2. The third-order valence-corrected chi connectivity index (χ3v) is 4.18. The fraction of sp³-hybridized carbons (Fsp3) is 0.211. The van der Waals surface area contributed by atoms with Gasteiger partial charge in [0, 0.05) is 13.0 Å². The monoisotopic (exact) mass is 337 g/mol. The lowest BCUT2D eigenvalue weighted by Gasteiger charge is -2.09. The predicted octanol–water partition coefficient (Wildman–Crippen LogP) is 1.70. The molecular weight excluding hydrogens is 318 g/mol. The second kappa shape index (κ2) is 7.17. The summed E-state index contributed by atoms with van der Waals surface area (Å²) in [6.07, 6.45) is 0.111. The number of hydrogen-bond donors (Lipinski definition) is 2. The summed E-state index contributed by atoms with van der Waals surface area (Å²) in [7, 11) is 0. The van der Waals surface area contributed by atoms with Crippen LogP contribution in [0.25, 0.3) is 10.8 Å². The Bertz CT molecular complexity index is 1030. The van der Waals surface area contributed by atoms with Gasteiger partial charge in [0.2, 0.25) is 5.91 Å². The summed E-state index contributed by atoms with van der Waals surface area (Å²) >= 11 is 0. The van der Waals surface area contributed by atoms with Gasteiger partial charge < -0.3 is 5.32 Å². The minimum absolute atomic E-state index is 0.111. The zero-order chi connectivity index (χ0) is 17.8. The summed E-state index contributed by atoms with van der Waals surface area (Å²) < 4.78 is 1.19. The molecule has 0 aliphatic rings. The van der Waals surface area contributed by atoms with Gasteiger partial charge in [-0.2, -0.15) is 0 Å². The van der Waals surface area contributed by atoms with Gasteiger partial charge in [0.1, 0.15) is 0 Å². The van der Waals surface area contributed by atoms with Crippen molar-refractivity contribution >= 4 is 16.7 Å². The van der Waals surface area contributed by atoms with Crippen molar-refractivity contribution in [3.8, 4) is 0 Å². The number of carbonyl (C=O) groups is 1. The molecule has 0 aliphatic carbocycles. The van der Waals surface area contributed by atoms with Crippen molar-refractivity contribution in [2.24, 2.45) is 0 Å². The molecule has 0 bridgehead atoms. The standard InChI is InChI=1S/C19H19N3O3/c1-13-6-2-3-7-14(13)12-20-17(23)10-11-22-19(25)16-9-5-4-8-15(16)18(24)21-22/h2-9H,10-12H2,1H3,(H,20,23)(H,21,24). The number of fused-ring (bicyclic) bond motifs is 1. The van der Waals surface area contributed by atoms with Crippen molar-refractivity contribution in [1.29, 1.82) is 0 Å². The number of nitrogens with one attached hydrogen (secondary N) is 2. The van der Waals surface area contributed by atoms with Crippen molar-refractivity contribution in [3.05, 3.63) is 80.4 Å². The van der Waals surface area contributed by atoms with E-state index < -0.39 is 0 Å². The van der Waals surface area contributed by atoms with Crippen LogP contribution >= 0.6 is 0 Å². The van der Waals surface area contributed by atoms with E-state index in [4.69, 9.17) is 0 Å². The molecule has 25 heavy (non-hydrogen) atoms. The van der Waals surface area contributed by atoms with E-state index in [2.05, 4.69) is 10.4 Å². The molecule has 0 atom stereocenters. The molecule has 1 heterocycles. The highest BCUT2D eigenvalue weighted by molar-refractivity contribution is 5.80. The first-order chi connectivity index (χ1) is 12.1. The second-order valence-corrected chi connectivity index (χ2v) is 5.90. The van der Waals surface area contributed by atoms with Gasteiger partial charge in [-0.15, -0.1) is 0 Å². The van der Waals surface area contributed by atoms with E-state index in [1.807, 2.05) is 31.2 Å². The molecule has 6 heteroatoms. The van der Waals surface area contributed by atoms with Gasteiger partial charge >= 0.3 is 0 Å². The van der Waals surface area contributed by atoms with Crippen LogP contribution in [0.15, 0.2) is 58.1 Å². The van der Waals surface area contributed by atoms with E-state index >= 15 is 0 Å². The SMILES string of the molecule is Cc1ccccc1CNC(=O)CCn1[nH]c(=O)c2ccccc2c1=O. The average molecular weight is 337 g/mol. The minimum atomic E-state index is -0.337. The number of hydrogen-bond acceptors (Lipinski definition) is 3. The molecule has 3 aromatic rings. The maximum absolute atomic E-state index is 12.4. The van der Waals surface area contributed by atoms with Crippen molar-refractivity contribution in [3.63, 3.8) is 0 Å². The van der Waals surface area contributed by atoms with Crippen LogP contribution in [0.2, 0.25) is 0 Å². The normalized spacial score (nSPS) is 10.8. The third kappa shape index (κ3) is 3.68. The first kappa shape index (κ1) is 16.7. The summed E-state index contributed by atoms with van der Waals surface area (Å²) in [5.41, 5.74) is 1.52. The van der Waals surface area contributed by atoms with E-state index in [-0.39, 0.29) is 30.0 Å². The minimum Gasteiger partial charge on any atom is -0.352 e. The molecule has 0 radical (unpaired) electrons. The average Bonchev–Trinajstić information content (AvgIpc) is 2.63. The van der Waals surface area contributed by atoms with Gasteiger partial charge in [-0.1, -0.05) is 36.4 Å². The first-order valence-electron chi connectivity index (χ1n) is 8.09. The molecular formula is C19H19N3O3. The van der Waals surface area contributed by atoms with Gasteiger partial charge in [0.05, 0.1) is 17.3 Å². The Morgan fingerprint density at radius 1 is 1.04 bits per heavy atom. The van der Waals surface area contributed by atoms with Gasteiger partial charge in [0.15, 0.2) is 0 Å². The molecule has 0 fully saturated rings. The number of amides is 1. The van der Waals surface area contributed by atoms with Crippen LogP contribution < -0.4 is 16.4 Å². The van der Waals surface area contributed by atoms with Crippen molar-refractivity contribution < 1.29 is 4.79 Å². The Balaban J connectivity index is 1.67. The topological polar surface area (TPSA) is 84.0 Å². The molecule has 2 aromatic carbocycles. The fourth-order valence-electron chi connectivity index (χ4n) is 2.71. The van der Waals surface area contributed by atoms with Crippen molar-refractivity contribution in [2.45, 2.75) is 26.4 Å². The maximum Gasteiger partial charge on any atom is 0.273 e. The Morgan fingerprint density at radius 2 is 1.72 bits per heavy atom. The van der Waals surface area contributed by atoms with E-state index in [0.29, 0.717) is 17.3 Å². The highest BCUT2D eigenvalue weighted by atomic mass is 16.2. The summed E-state index contributed by atoms with van der Waals surface area (Å²) in [5.74, 6) is -0.177. The van der Waals surface area contributed by atoms with Crippen molar-refractivity contribution in [2.75, 3.05) is 0 Å². The van der Waals surface area contributed by atoms with Crippen LogP contribution in [0.5, 0.6) is 0 Å². The molecule has 3 rings (SSSR count). The highest BCUT2D eigenvalue weighted by Crippen LogP contribution is 2.06. The van der Waals surface area contributed by atoms with E-state index in [1.165, 1.54) is 4.68 Å². The second-order valence-electron chi connectivity index (χ2n) is 5.90. The quantitative estimate of drug-likeness (QED) is 0.743. The van der Waals surface area contributed by atoms with Gasteiger partial charge in [-0.25, -0.2) is 4.68 Å². The third-order valence-electron chi connectivity index (χ3n) is 4.18.